The van der Waals surface area contributed by atoms with Crippen LogP contribution in [0.1, 0.15) is 38.6 Å². The highest BCUT2D eigenvalue weighted by Gasteiger charge is 2.32. The Balaban J connectivity index is 2.19. The molecule has 0 saturated heterocycles. The van der Waals surface area contributed by atoms with Crippen LogP contribution in [0.4, 0.5) is 0 Å². The first-order valence-electron chi connectivity index (χ1n) is 7.49. The van der Waals surface area contributed by atoms with Crippen molar-refractivity contribution in [3.63, 3.8) is 0 Å². The number of fused-ring (bicyclic) bond motifs is 1. The Morgan fingerprint density at radius 2 is 1.59 bits per heavy atom. The summed E-state index contributed by atoms with van der Waals surface area (Å²) in [5.74, 6) is 3.98. The molecule has 1 saturated carbocycles. The Bertz CT molecular complexity index is 833. The zero-order valence-electron chi connectivity index (χ0n) is 12.5. The first-order valence-corrected chi connectivity index (χ1v) is 7.49. The molecule has 1 aromatic carbocycles. The van der Waals surface area contributed by atoms with E-state index in [1.54, 1.807) is 4.57 Å². The molecular formula is C18H17NO3. The van der Waals surface area contributed by atoms with Gasteiger partial charge in [0, 0.05) is 22.2 Å². The zero-order chi connectivity index (χ0) is 15.7. The van der Waals surface area contributed by atoms with Gasteiger partial charge in [0.15, 0.2) is 11.9 Å². The third-order valence-electron chi connectivity index (χ3n) is 4.86. The molecule has 1 fully saturated rings. The molecular weight excluding hydrogens is 278 g/mol. The second kappa shape index (κ2) is 5.42. The van der Waals surface area contributed by atoms with E-state index in [9.17, 15) is 14.4 Å². The predicted molar refractivity (Wildman–Crippen MR) is 82.5 cm³/mol. The lowest BCUT2D eigenvalue weighted by Gasteiger charge is -2.33. The van der Waals surface area contributed by atoms with Gasteiger partial charge in [-0.25, -0.2) is 9.59 Å². The van der Waals surface area contributed by atoms with Gasteiger partial charge < -0.3 is 9.36 Å². The van der Waals surface area contributed by atoms with Crippen LogP contribution in [-0.4, -0.2) is 22.7 Å². The molecule has 4 nitrogen and oxygen atoms in total. The molecule has 0 spiro atoms. The average Bonchev–Trinajstić information content (AvgIpc) is 2.89. The standard InChI is InChI=1S/C18H17NO3/c1-18(12-22)8-6-13(7-9-18)19-16(10-20)14-4-2-3-5-15(14)17(19)11-21/h2-5,12-13H,6-9H2,1H3. The molecule has 0 atom stereocenters. The van der Waals surface area contributed by atoms with E-state index in [2.05, 4.69) is 0 Å². The van der Waals surface area contributed by atoms with Crippen molar-refractivity contribution in [3.05, 3.63) is 35.0 Å². The van der Waals surface area contributed by atoms with Crippen LogP contribution in [0.15, 0.2) is 24.3 Å². The van der Waals surface area contributed by atoms with Gasteiger partial charge in [-0.3, -0.25) is 0 Å². The van der Waals surface area contributed by atoms with Crippen molar-refractivity contribution in [2.45, 2.75) is 38.6 Å². The van der Waals surface area contributed by atoms with Crippen molar-refractivity contribution in [1.29, 1.82) is 0 Å². The van der Waals surface area contributed by atoms with E-state index in [4.69, 9.17) is 0 Å². The summed E-state index contributed by atoms with van der Waals surface area (Å²) in [6.07, 6.45) is 4.06. The van der Waals surface area contributed by atoms with E-state index < -0.39 is 0 Å². The molecule has 0 unspecified atom stereocenters. The number of carbonyl (C=O) groups is 1. The fraction of sp³-hybridized carbons (Fsp3) is 0.389. The van der Waals surface area contributed by atoms with Gasteiger partial charge in [-0.2, -0.15) is 0 Å². The van der Waals surface area contributed by atoms with Crippen LogP contribution in [-0.2, 0) is 14.4 Å². The highest BCUT2D eigenvalue weighted by Crippen LogP contribution is 2.38. The Labute approximate surface area is 127 Å². The summed E-state index contributed by atoms with van der Waals surface area (Å²) in [4.78, 5) is 34.1. The van der Waals surface area contributed by atoms with Crippen LogP contribution < -0.4 is 10.7 Å². The number of hydrogen-bond acceptors (Lipinski definition) is 3. The van der Waals surface area contributed by atoms with Crippen LogP contribution >= 0.6 is 0 Å². The summed E-state index contributed by atoms with van der Waals surface area (Å²) < 4.78 is 1.77. The summed E-state index contributed by atoms with van der Waals surface area (Å²) in [6, 6.07) is 7.36. The molecule has 0 radical (unpaired) electrons. The smallest absolute Gasteiger partial charge is 0.151 e. The van der Waals surface area contributed by atoms with Gasteiger partial charge in [-0.15, -0.1) is 0 Å². The van der Waals surface area contributed by atoms with Gasteiger partial charge in [0.2, 0.25) is 0 Å². The van der Waals surface area contributed by atoms with Gasteiger partial charge in [0.25, 0.3) is 0 Å². The van der Waals surface area contributed by atoms with Crippen molar-refractivity contribution in [1.82, 2.24) is 4.57 Å². The average molecular weight is 295 g/mol. The monoisotopic (exact) mass is 295 g/mol. The number of hydrogen-bond donors (Lipinski definition) is 0. The summed E-state index contributed by atoms with van der Waals surface area (Å²) in [5, 5.41) is 2.29. The van der Waals surface area contributed by atoms with Crippen molar-refractivity contribution >= 4 is 28.9 Å². The Hall–Kier alpha value is -2.41. The molecule has 0 N–H and O–H groups in total. The van der Waals surface area contributed by atoms with Crippen molar-refractivity contribution < 1.29 is 14.4 Å². The van der Waals surface area contributed by atoms with E-state index in [1.165, 1.54) is 0 Å². The first-order chi connectivity index (χ1) is 10.6. The highest BCUT2D eigenvalue weighted by molar-refractivity contribution is 5.88. The van der Waals surface area contributed by atoms with Gasteiger partial charge in [0.1, 0.15) is 17.0 Å². The molecule has 2 aromatic rings. The number of carbonyl (C=O) groups excluding carboxylic acids is 3. The van der Waals surface area contributed by atoms with Crippen molar-refractivity contribution in [2.24, 2.45) is 5.41 Å². The van der Waals surface area contributed by atoms with Crippen molar-refractivity contribution in [3.8, 4) is 0 Å². The predicted octanol–water partition coefficient (Wildman–Crippen LogP) is 0.968. The van der Waals surface area contributed by atoms with Crippen LogP contribution in [0.2, 0.25) is 0 Å². The molecule has 112 valence electrons. The molecule has 0 aliphatic heterocycles. The third kappa shape index (κ3) is 2.14. The van der Waals surface area contributed by atoms with Crippen LogP contribution in [0, 0.1) is 5.41 Å². The summed E-state index contributed by atoms with van der Waals surface area (Å²) >= 11 is 0. The molecule has 1 aliphatic carbocycles. The van der Waals surface area contributed by atoms with E-state index in [1.807, 2.05) is 43.1 Å². The Morgan fingerprint density at radius 1 is 1.09 bits per heavy atom. The molecule has 0 amide bonds. The summed E-state index contributed by atoms with van der Waals surface area (Å²) in [5.41, 5.74) is -0.292. The number of aromatic nitrogens is 1. The normalized spacial score (nSPS) is 24.7. The molecule has 3 rings (SSSR count). The molecule has 1 heterocycles. The third-order valence-corrected chi connectivity index (χ3v) is 4.86. The SMILES string of the molecule is CC1(C=O)CCC(n2c(=C=O)c3ccccc3c2=C=O)CC1. The number of aldehydes is 1. The number of rotatable bonds is 2. The molecule has 22 heavy (non-hydrogen) atoms. The Kier molecular flexibility index (Phi) is 3.58. The quantitative estimate of drug-likeness (QED) is 0.776. The first kappa shape index (κ1) is 14.5. The Morgan fingerprint density at radius 3 is 2.00 bits per heavy atom. The van der Waals surface area contributed by atoms with Crippen LogP contribution in [0.25, 0.3) is 10.8 Å². The lowest BCUT2D eigenvalue weighted by Crippen LogP contribution is -2.37. The van der Waals surface area contributed by atoms with E-state index >= 15 is 0 Å². The van der Waals surface area contributed by atoms with E-state index in [0.29, 0.717) is 10.7 Å². The molecule has 0 bridgehead atoms. The zero-order valence-corrected chi connectivity index (χ0v) is 12.5. The maximum atomic E-state index is 11.5. The van der Waals surface area contributed by atoms with Crippen molar-refractivity contribution in [2.75, 3.05) is 0 Å². The molecule has 1 aromatic heterocycles. The fourth-order valence-electron chi connectivity index (χ4n) is 3.48. The van der Waals surface area contributed by atoms with Gasteiger partial charge in [0.05, 0.1) is 0 Å². The van der Waals surface area contributed by atoms with Gasteiger partial charge >= 0.3 is 0 Å². The summed E-state index contributed by atoms with van der Waals surface area (Å²) in [7, 11) is 0. The minimum atomic E-state index is -0.292. The van der Waals surface area contributed by atoms with Gasteiger partial charge in [-0.05, 0) is 25.7 Å². The van der Waals surface area contributed by atoms with E-state index in [-0.39, 0.29) is 11.5 Å². The lowest BCUT2D eigenvalue weighted by molar-refractivity contribution is -0.117. The second-order valence-corrected chi connectivity index (χ2v) is 6.32. The minimum absolute atomic E-state index is 0.0355. The van der Waals surface area contributed by atoms with E-state index in [0.717, 1.165) is 42.7 Å². The lowest BCUT2D eigenvalue weighted by atomic mass is 9.75. The number of nitrogens with zero attached hydrogens (tertiary/aromatic N) is 1. The molecule has 4 heteroatoms. The fourth-order valence-corrected chi connectivity index (χ4v) is 3.48. The summed E-state index contributed by atoms with van der Waals surface area (Å²) in [6.45, 7) is 1.96. The molecule has 1 aliphatic rings. The topological polar surface area (TPSA) is 56.1 Å². The minimum Gasteiger partial charge on any atom is -0.319 e. The maximum Gasteiger partial charge on any atom is 0.151 e. The van der Waals surface area contributed by atoms with Crippen LogP contribution in [0.3, 0.4) is 0 Å². The van der Waals surface area contributed by atoms with Gasteiger partial charge in [-0.1, -0.05) is 31.2 Å². The maximum absolute atomic E-state index is 11.5. The number of benzene rings is 1. The largest absolute Gasteiger partial charge is 0.319 e. The highest BCUT2D eigenvalue weighted by atomic mass is 16.1. The van der Waals surface area contributed by atoms with Crippen LogP contribution in [0.5, 0.6) is 0 Å². The second-order valence-electron chi connectivity index (χ2n) is 6.32.